The van der Waals surface area contributed by atoms with Crippen LogP contribution in [-0.4, -0.2) is 19.2 Å². The molecule has 9 heavy (non-hydrogen) atoms. The Balaban J connectivity index is -0.000000245. The molecular weight excluding hydrogens is 153 g/mol. The van der Waals surface area contributed by atoms with Crippen molar-refractivity contribution in [1.82, 2.24) is 0 Å². The molecule has 48 valence electrons. The maximum absolute atomic E-state index is 9.93. The Morgan fingerprint density at radius 3 is 1.89 bits per heavy atom. The molecule has 2 N–H and O–H groups in total. The Labute approximate surface area is 77.7 Å². The van der Waals surface area contributed by atoms with Crippen LogP contribution < -0.4 is 35.3 Å². The van der Waals surface area contributed by atoms with Crippen molar-refractivity contribution >= 4 is 21.1 Å². The van der Waals surface area contributed by atoms with Crippen LogP contribution in [0.25, 0.3) is 0 Å². The smallest absolute Gasteiger partial charge is 1.00 e. The van der Waals surface area contributed by atoms with E-state index in [0.717, 1.165) is 6.92 Å². The van der Waals surface area contributed by atoms with Gasteiger partial charge in [-0.25, -0.2) is 0 Å². The Morgan fingerprint density at radius 2 is 1.89 bits per heavy atom. The van der Waals surface area contributed by atoms with Gasteiger partial charge in [0.05, 0.1) is 0 Å². The molecule has 0 aromatic heterocycles. The van der Waals surface area contributed by atoms with Crippen LogP contribution in [0.15, 0.2) is 0 Å². The van der Waals surface area contributed by atoms with E-state index in [0.29, 0.717) is 0 Å². The third kappa shape index (κ3) is 4.65. The van der Waals surface area contributed by atoms with Crippen LogP contribution in [-0.2, 0) is 15.1 Å². The molecule has 4 nitrogen and oxygen atoms in total. The first-order valence-corrected chi connectivity index (χ1v) is 2.86. The van der Waals surface area contributed by atoms with E-state index in [1.165, 1.54) is 0 Å². The van der Waals surface area contributed by atoms with Crippen LogP contribution in [0.3, 0.4) is 0 Å². The van der Waals surface area contributed by atoms with E-state index in [2.05, 4.69) is 5.73 Å². The van der Waals surface area contributed by atoms with Gasteiger partial charge in [-0.3, -0.25) is 4.79 Å². The predicted molar refractivity (Wildman–Crippen MR) is 29.9 cm³/mol. The van der Waals surface area contributed by atoms with Gasteiger partial charge in [-0.2, -0.15) is 8.42 Å². The number of carbonyl (C=O) groups excluding carboxylic acids is 1. The normalized spacial score (nSPS) is 7.22. The second-order valence-corrected chi connectivity index (χ2v) is 2.24. The van der Waals surface area contributed by atoms with Crippen molar-refractivity contribution in [3.63, 3.8) is 0 Å². The van der Waals surface area contributed by atoms with Crippen molar-refractivity contribution in [2.45, 2.75) is 6.92 Å². The molecule has 0 aliphatic carbocycles. The molecule has 0 aromatic rings. The van der Waals surface area contributed by atoms with E-state index in [-0.39, 0.29) is 35.8 Å². The summed E-state index contributed by atoms with van der Waals surface area (Å²) in [6.07, 6.45) is 0. The SMILES string of the molecule is CC(C(N)=O)=S(=O)=O.[H-].[Na+]. The van der Waals surface area contributed by atoms with Gasteiger partial charge in [0.2, 0.25) is 10.3 Å². The van der Waals surface area contributed by atoms with Gasteiger partial charge in [-0.1, -0.05) is 0 Å². The monoisotopic (exact) mass is 159 g/mol. The molecule has 0 saturated carbocycles. The van der Waals surface area contributed by atoms with Crippen molar-refractivity contribution in [2.75, 3.05) is 0 Å². The van der Waals surface area contributed by atoms with E-state index in [4.69, 9.17) is 0 Å². The van der Waals surface area contributed by atoms with Gasteiger partial charge in [0, 0.05) is 0 Å². The molecule has 0 saturated heterocycles. The summed E-state index contributed by atoms with van der Waals surface area (Å²) in [7, 11) is -2.45. The molecule has 0 spiro atoms. The Bertz CT molecular complexity index is 226. The average molecular weight is 159 g/mol. The van der Waals surface area contributed by atoms with Gasteiger partial charge < -0.3 is 7.16 Å². The van der Waals surface area contributed by atoms with Crippen molar-refractivity contribution in [1.29, 1.82) is 0 Å². The minimum Gasteiger partial charge on any atom is -1.00 e. The molecule has 0 radical (unpaired) electrons. The van der Waals surface area contributed by atoms with Gasteiger partial charge in [0.15, 0.2) is 0 Å². The first-order chi connectivity index (χ1) is 3.55. The summed E-state index contributed by atoms with van der Waals surface area (Å²) in [4.78, 5) is 9.59. The third-order valence-electron chi connectivity index (χ3n) is 0.597. The standard InChI is InChI=1S/C3H5NO3S.Na.H/c1-2(3(4)5)8(6)7;;/h1H3,(H2,4,5);;/q;+1;-1. The largest absolute Gasteiger partial charge is 1.00 e. The molecule has 0 heterocycles. The van der Waals surface area contributed by atoms with E-state index < -0.39 is 16.2 Å². The molecule has 0 aliphatic heterocycles. The first kappa shape index (κ1) is 11.9. The zero-order valence-corrected chi connectivity index (χ0v) is 8.03. The predicted octanol–water partition coefficient (Wildman–Crippen LogP) is -4.34. The zero-order valence-electron chi connectivity index (χ0n) is 6.21. The minimum atomic E-state index is -2.45. The zero-order chi connectivity index (χ0) is 6.73. The molecule has 0 fully saturated rings. The second kappa shape index (κ2) is 4.99. The van der Waals surface area contributed by atoms with Crippen LogP contribution in [0, 0.1) is 0 Å². The molecule has 1 amide bonds. The number of nitrogens with two attached hydrogens (primary N) is 1. The van der Waals surface area contributed by atoms with Gasteiger partial charge in [-0.05, 0) is 6.92 Å². The van der Waals surface area contributed by atoms with Crippen molar-refractivity contribution in [3.05, 3.63) is 0 Å². The minimum absolute atomic E-state index is 0. The maximum atomic E-state index is 9.93. The van der Waals surface area contributed by atoms with Crippen LogP contribution in [0.2, 0.25) is 0 Å². The fourth-order valence-corrected chi connectivity index (χ4v) is 0.246. The molecular formula is C3H6NNaO3S. The summed E-state index contributed by atoms with van der Waals surface area (Å²) in [6, 6.07) is 0. The van der Waals surface area contributed by atoms with Crippen molar-refractivity contribution in [3.8, 4) is 0 Å². The van der Waals surface area contributed by atoms with Crippen LogP contribution in [0.1, 0.15) is 8.35 Å². The van der Waals surface area contributed by atoms with Gasteiger partial charge in [-0.15, -0.1) is 0 Å². The van der Waals surface area contributed by atoms with Crippen molar-refractivity contribution in [2.24, 2.45) is 5.73 Å². The summed E-state index contributed by atoms with van der Waals surface area (Å²) >= 11 is 0. The fraction of sp³-hybridized carbons (Fsp3) is 0.333. The molecule has 0 bridgehead atoms. The van der Waals surface area contributed by atoms with E-state index in [1.54, 1.807) is 0 Å². The summed E-state index contributed by atoms with van der Waals surface area (Å²) in [5.74, 6) is -0.904. The molecule has 0 aliphatic rings. The number of carbonyl (C=O) groups is 1. The van der Waals surface area contributed by atoms with Crippen LogP contribution in [0.5, 0.6) is 0 Å². The number of hydrogen-bond donors (Lipinski definition) is 1. The quantitative estimate of drug-likeness (QED) is 0.310. The van der Waals surface area contributed by atoms with Crippen molar-refractivity contribution < 1.29 is 44.2 Å². The maximum Gasteiger partial charge on any atom is 1.00 e. The number of hydrogen-bond acceptors (Lipinski definition) is 3. The molecule has 0 rings (SSSR count). The Kier molecular flexibility index (Phi) is 6.59. The number of amides is 1. The van der Waals surface area contributed by atoms with E-state index >= 15 is 0 Å². The molecule has 6 heteroatoms. The second-order valence-electron chi connectivity index (χ2n) is 1.16. The summed E-state index contributed by atoms with van der Waals surface area (Å²) in [6.45, 7) is 1.14. The first-order valence-electron chi connectivity index (χ1n) is 1.78. The van der Waals surface area contributed by atoms with E-state index in [9.17, 15) is 13.2 Å². The van der Waals surface area contributed by atoms with Gasteiger partial charge >= 0.3 is 29.6 Å². The average Bonchev–Trinajstić information content (AvgIpc) is 1.64. The Hall–Kier alpha value is 0.160. The number of primary amides is 1. The van der Waals surface area contributed by atoms with Gasteiger partial charge in [0.25, 0.3) is 5.91 Å². The fourth-order valence-electron chi connectivity index (χ4n) is 0.0821. The Morgan fingerprint density at radius 1 is 1.56 bits per heavy atom. The van der Waals surface area contributed by atoms with Gasteiger partial charge in [0.1, 0.15) is 4.86 Å². The van der Waals surface area contributed by atoms with Crippen LogP contribution in [0.4, 0.5) is 0 Å². The summed E-state index contributed by atoms with van der Waals surface area (Å²) < 4.78 is 19.6. The topological polar surface area (TPSA) is 77.2 Å². The van der Waals surface area contributed by atoms with E-state index in [1.807, 2.05) is 0 Å². The molecule has 0 unspecified atom stereocenters. The molecule has 0 aromatic carbocycles. The number of rotatable bonds is 1. The third-order valence-corrected chi connectivity index (χ3v) is 1.30. The van der Waals surface area contributed by atoms with Crippen LogP contribution >= 0.6 is 0 Å². The summed E-state index contributed by atoms with van der Waals surface area (Å²) in [5.41, 5.74) is 4.57. The summed E-state index contributed by atoms with van der Waals surface area (Å²) in [5, 5.41) is 0. The molecule has 0 atom stereocenters.